The molecule has 0 aliphatic carbocycles. The number of amides is 1. The molecule has 4 nitrogen and oxygen atoms in total. The highest BCUT2D eigenvalue weighted by Crippen LogP contribution is 2.22. The predicted octanol–water partition coefficient (Wildman–Crippen LogP) is 2.67. The molecule has 2 N–H and O–H groups in total. The van der Waals surface area contributed by atoms with Gasteiger partial charge in [0.1, 0.15) is 5.01 Å². The van der Waals surface area contributed by atoms with E-state index in [1.165, 1.54) is 11.1 Å². The average Bonchev–Trinajstić information content (AvgIpc) is 3.06. The SMILES string of the molecule is CCC(NC(=O)c1cccc2c1CCNC2)c1nccs1. The first-order chi connectivity index (χ1) is 10.3. The van der Waals surface area contributed by atoms with Gasteiger partial charge in [0.25, 0.3) is 5.91 Å². The van der Waals surface area contributed by atoms with E-state index in [2.05, 4.69) is 28.6 Å². The normalized spacial score (nSPS) is 15.3. The van der Waals surface area contributed by atoms with Crippen molar-refractivity contribution in [3.05, 3.63) is 51.5 Å². The molecule has 2 heterocycles. The summed E-state index contributed by atoms with van der Waals surface area (Å²) in [6, 6.07) is 5.98. The van der Waals surface area contributed by atoms with Gasteiger partial charge < -0.3 is 10.6 Å². The minimum atomic E-state index is -0.00456. The maximum atomic E-state index is 12.6. The highest BCUT2D eigenvalue weighted by atomic mass is 32.1. The number of fused-ring (bicyclic) bond motifs is 1. The van der Waals surface area contributed by atoms with Gasteiger partial charge in [-0.3, -0.25) is 4.79 Å². The highest BCUT2D eigenvalue weighted by molar-refractivity contribution is 7.09. The lowest BCUT2D eigenvalue weighted by Gasteiger charge is -2.21. The van der Waals surface area contributed by atoms with Crippen molar-refractivity contribution in [3.8, 4) is 0 Å². The zero-order chi connectivity index (χ0) is 14.7. The fourth-order valence-corrected chi connectivity index (χ4v) is 3.50. The molecule has 1 aliphatic rings. The first-order valence-electron chi connectivity index (χ1n) is 7.31. The Balaban J connectivity index is 1.82. The van der Waals surface area contributed by atoms with E-state index in [9.17, 15) is 4.79 Å². The molecule has 2 aromatic rings. The molecule has 0 fully saturated rings. The zero-order valence-electron chi connectivity index (χ0n) is 12.1. The van der Waals surface area contributed by atoms with Gasteiger partial charge in [-0.1, -0.05) is 19.1 Å². The quantitative estimate of drug-likeness (QED) is 0.913. The van der Waals surface area contributed by atoms with E-state index >= 15 is 0 Å². The molecule has 110 valence electrons. The van der Waals surface area contributed by atoms with Crippen LogP contribution in [0.1, 0.15) is 45.9 Å². The molecule has 1 aromatic heterocycles. The van der Waals surface area contributed by atoms with Crippen LogP contribution in [0.5, 0.6) is 0 Å². The number of carbonyl (C=O) groups excluding carboxylic acids is 1. The molecule has 0 saturated heterocycles. The van der Waals surface area contributed by atoms with Crippen LogP contribution in [0.15, 0.2) is 29.8 Å². The smallest absolute Gasteiger partial charge is 0.252 e. The van der Waals surface area contributed by atoms with Crippen LogP contribution in [-0.4, -0.2) is 17.4 Å². The molecule has 1 aromatic carbocycles. The van der Waals surface area contributed by atoms with Crippen LogP contribution in [0.4, 0.5) is 0 Å². The Morgan fingerprint density at radius 1 is 1.52 bits per heavy atom. The largest absolute Gasteiger partial charge is 0.343 e. The molecule has 1 atom stereocenters. The maximum absolute atomic E-state index is 12.6. The Hall–Kier alpha value is -1.72. The van der Waals surface area contributed by atoms with Crippen LogP contribution in [0.3, 0.4) is 0 Å². The van der Waals surface area contributed by atoms with Gasteiger partial charge in [0, 0.05) is 23.7 Å². The van der Waals surface area contributed by atoms with Gasteiger partial charge in [-0.15, -0.1) is 11.3 Å². The second kappa shape index (κ2) is 6.37. The molecular formula is C16H19N3OS. The number of rotatable bonds is 4. The van der Waals surface area contributed by atoms with E-state index in [0.29, 0.717) is 0 Å². The van der Waals surface area contributed by atoms with Gasteiger partial charge in [0.05, 0.1) is 6.04 Å². The van der Waals surface area contributed by atoms with Crippen LogP contribution in [0, 0.1) is 0 Å². The number of benzene rings is 1. The Morgan fingerprint density at radius 2 is 2.43 bits per heavy atom. The number of carbonyl (C=O) groups is 1. The fraction of sp³-hybridized carbons (Fsp3) is 0.375. The summed E-state index contributed by atoms with van der Waals surface area (Å²) in [5.74, 6) is 0.0100. The van der Waals surface area contributed by atoms with E-state index in [0.717, 1.165) is 36.5 Å². The van der Waals surface area contributed by atoms with Gasteiger partial charge in [-0.25, -0.2) is 4.98 Å². The third-order valence-corrected chi connectivity index (χ3v) is 4.74. The van der Waals surface area contributed by atoms with Gasteiger partial charge in [-0.2, -0.15) is 0 Å². The van der Waals surface area contributed by atoms with Crippen LogP contribution in [0.25, 0.3) is 0 Å². The molecule has 1 unspecified atom stereocenters. The summed E-state index contributed by atoms with van der Waals surface area (Å²) in [5.41, 5.74) is 3.22. The molecule has 21 heavy (non-hydrogen) atoms. The number of aromatic nitrogens is 1. The molecular weight excluding hydrogens is 282 g/mol. The van der Waals surface area contributed by atoms with Crippen molar-refractivity contribution in [2.75, 3.05) is 6.54 Å². The van der Waals surface area contributed by atoms with Gasteiger partial charge in [0.2, 0.25) is 0 Å². The third-order valence-electron chi connectivity index (χ3n) is 3.85. The Bertz CT molecular complexity index is 624. The second-order valence-corrected chi connectivity index (χ2v) is 6.10. The lowest BCUT2D eigenvalue weighted by Crippen LogP contribution is -2.31. The van der Waals surface area contributed by atoms with Crippen molar-refractivity contribution in [1.82, 2.24) is 15.6 Å². The number of hydrogen-bond donors (Lipinski definition) is 2. The van der Waals surface area contributed by atoms with Crippen LogP contribution in [0.2, 0.25) is 0 Å². The average molecular weight is 301 g/mol. The van der Waals surface area contributed by atoms with Crippen LogP contribution < -0.4 is 10.6 Å². The van der Waals surface area contributed by atoms with E-state index < -0.39 is 0 Å². The van der Waals surface area contributed by atoms with Crippen molar-refractivity contribution in [1.29, 1.82) is 0 Å². The highest BCUT2D eigenvalue weighted by Gasteiger charge is 2.20. The molecule has 3 rings (SSSR count). The molecule has 0 spiro atoms. The van der Waals surface area contributed by atoms with Crippen molar-refractivity contribution in [3.63, 3.8) is 0 Å². The summed E-state index contributed by atoms with van der Waals surface area (Å²) in [5, 5.41) is 9.38. The van der Waals surface area contributed by atoms with Crippen LogP contribution >= 0.6 is 11.3 Å². The molecule has 0 saturated carbocycles. The van der Waals surface area contributed by atoms with E-state index in [1.807, 2.05) is 17.5 Å². The maximum Gasteiger partial charge on any atom is 0.252 e. The summed E-state index contributed by atoms with van der Waals surface area (Å²) in [6.45, 7) is 3.85. The molecule has 1 aliphatic heterocycles. The Morgan fingerprint density at radius 3 is 3.19 bits per heavy atom. The molecule has 1 amide bonds. The van der Waals surface area contributed by atoms with E-state index in [1.54, 1.807) is 17.5 Å². The molecule has 0 radical (unpaired) electrons. The Labute approximate surface area is 128 Å². The lowest BCUT2D eigenvalue weighted by molar-refractivity contribution is 0.0934. The number of thiazole rings is 1. The fourth-order valence-electron chi connectivity index (χ4n) is 2.73. The predicted molar refractivity (Wildman–Crippen MR) is 84.5 cm³/mol. The van der Waals surface area contributed by atoms with Crippen molar-refractivity contribution in [2.24, 2.45) is 0 Å². The topological polar surface area (TPSA) is 54.0 Å². The van der Waals surface area contributed by atoms with Crippen molar-refractivity contribution >= 4 is 17.2 Å². The first-order valence-corrected chi connectivity index (χ1v) is 8.19. The van der Waals surface area contributed by atoms with Crippen molar-refractivity contribution < 1.29 is 4.79 Å². The first kappa shape index (κ1) is 14.2. The summed E-state index contributed by atoms with van der Waals surface area (Å²) in [4.78, 5) is 16.9. The number of nitrogens with one attached hydrogen (secondary N) is 2. The Kier molecular flexibility index (Phi) is 4.31. The third kappa shape index (κ3) is 2.99. The summed E-state index contributed by atoms with van der Waals surface area (Å²) in [6.07, 6.45) is 3.54. The standard InChI is InChI=1S/C16H19N3OS/c1-2-14(16-18-8-9-21-16)19-15(20)13-5-3-4-11-10-17-7-6-12(11)13/h3-5,8-9,14,17H,2,6-7,10H2,1H3,(H,19,20). The molecule has 0 bridgehead atoms. The van der Waals surface area contributed by atoms with E-state index in [4.69, 9.17) is 0 Å². The minimum absolute atomic E-state index is 0.00456. The van der Waals surface area contributed by atoms with E-state index in [-0.39, 0.29) is 11.9 Å². The summed E-state index contributed by atoms with van der Waals surface area (Å²) in [7, 11) is 0. The lowest BCUT2D eigenvalue weighted by atomic mass is 9.95. The molecule has 5 heteroatoms. The monoisotopic (exact) mass is 301 g/mol. The summed E-state index contributed by atoms with van der Waals surface area (Å²) >= 11 is 1.59. The van der Waals surface area contributed by atoms with Gasteiger partial charge in [0.15, 0.2) is 0 Å². The second-order valence-electron chi connectivity index (χ2n) is 5.17. The van der Waals surface area contributed by atoms with Crippen LogP contribution in [-0.2, 0) is 13.0 Å². The van der Waals surface area contributed by atoms with Crippen molar-refractivity contribution in [2.45, 2.75) is 32.4 Å². The zero-order valence-corrected chi connectivity index (χ0v) is 12.9. The van der Waals surface area contributed by atoms with Gasteiger partial charge >= 0.3 is 0 Å². The minimum Gasteiger partial charge on any atom is -0.343 e. The summed E-state index contributed by atoms with van der Waals surface area (Å²) < 4.78 is 0. The number of nitrogens with zero attached hydrogens (tertiary/aromatic N) is 1. The number of hydrogen-bond acceptors (Lipinski definition) is 4. The van der Waals surface area contributed by atoms with Gasteiger partial charge in [-0.05, 0) is 36.6 Å².